The van der Waals surface area contributed by atoms with Crippen LogP contribution in [0.3, 0.4) is 0 Å². The van der Waals surface area contributed by atoms with Gasteiger partial charge in [0.25, 0.3) is 0 Å². The number of nitrogens with zero attached hydrogens (tertiary/aromatic N) is 1. The monoisotopic (exact) mass is 620 g/mol. The summed E-state index contributed by atoms with van der Waals surface area (Å²) in [6, 6.07) is 10.4. The van der Waals surface area contributed by atoms with Gasteiger partial charge in [0.2, 0.25) is 5.88 Å². The number of allylic oxidation sites excluding steroid dienone is 1. The number of ether oxygens (including phenoxy) is 3. The minimum atomic E-state index is -0.945. The minimum absolute atomic E-state index is 0.0216. The summed E-state index contributed by atoms with van der Waals surface area (Å²) in [6.45, 7) is -0.625. The zero-order chi connectivity index (χ0) is 27.0. The Labute approximate surface area is 239 Å². The van der Waals surface area contributed by atoms with E-state index in [0.717, 1.165) is 0 Å². The van der Waals surface area contributed by atoms with Crippen LogP contribution in [-0.2, 0) is 4.79 Å². The number of rotatable bonds is 5. The molecule has 13 heteroatoms. The van der Waals surface area contributed by atoms with Crippen LogP contribution in [0.5, 0.6) is 17.2 Å². The number of benzene rings is 3. The van der Waals surface area contributed by atoms with Gasteiger partial charge in [-0.15, -0.1) is 0 Å². The Morgan fingerprint density at radius 2 is 1.68 bits per heavy atom. The quantitative estimate of drug-likeness (QED) is 0.134. The lowest BCUT2D eigenvalue weighted by Gasteiger charge is -2.27. The largest absolute Gasteiger partial charge is 0.479 e. The SMILES string of the molecule is N#CC1=C(N)Oc2cc(OC(=O)COc3c(Cl)c(Cl)c(Cl)c(Cl)c3Cl)ccc2C1c1c(F)cccc1Cl. The van der Waals surface area contributed by atoms with E-state index >= 15 is 0 Å². The molecule has 0 saturated carbocycles. The fourth-order valence-electron chi connectivity index (χ4n) is 3.59. The molecular formula is C24H11Cl6FN2O4. The van der Waals surface area contributed by atoms with E-state index in [1.165, 1.54) is 36.4 Å². The van der Waals surface area contributed by atoms with Crippen molar-refractivity contribution in [3.63, 3.8) is 0 Å². The van der Waals surface area contributed by atoms with Gasteiger partial charge in [-0.3, -0.25) is 0 Å². The van der Waals surface area contributed by atoms with Crippen molar-refractivity contribution in [2.75, 3.05) is 6.61 Å². The van der Waals surface area contributed by atoms with Gasteiger partial charge in [-0.2, -0.15) is 5.26 Å². The number of esters is 1. The van der Waals surface area contributed by atoms with Crippen LogP contribution < -0.4 is 19.9 Å². The molecule has 190 valence electrons. The molecule has 0 spiro atoms. The van der Waals surface area contributed by atoms with Gasteiger partial charge < -0.3 is 19.9 Å². The van der Waals surface area contributed by atoms with E-state index in [2.05, 4.69) is 0 Å². The highest BCUT2D eigenvalue weighted by atomic mass is 35.5. The maximum atomic E-state index is 14.7. The van der Waals surface area contributed by atoms with Crippen molar-refractivity contribution in [1.82, 2.24) is 0 Å². The Morgan fingerprint density at radius 3 is 2.30 bits per heavy atom. The summed E-state index contributed by atoms with van der Waals surface area (Å²) in [7, 11) is 0. The smallest absolute Gasteiger partial charge is 0.349 e. The molecule has 1 heterocycles. The zero-order valence-electron chi connectivity index (χ0n) is 18.1. The summed E-state index contributed by atoms with van der Waals surface area (Å²) in [5, 5.41) is 9.23. The first-order chi connectivity index (χ1) is 17.5. The van der Waals surface area contributed by atoms with Gasteiger partial charge in [-0.25, -0.2) is 9.18 Å². The highest BCUT2D eigenvalue weighted by Gasteiger charge is 2.34. The Hall–Kier alpha value is -2.57. The van der Waals surface area contributed by atoms with Crippen LogP contribution in [0.2, 0.25) is 30.1 Å². The Bertz CT molecular complexity index is 1470. The fourth-order valence-corrected chi connectivity index (χ4v) is 5.09. The number of nitriles is 1. The van der Waals surface area contributed by atoms with Gasteiger partial charge in [-0.05, 0) is 18.2 Å². The van der Waals surface area contributed by atoms with Crippen LogP contribution >= 0.6 is 69.6 Å². The highest BCUT2D eigenvalue weighted by molar-refractivity contribution is 6.55. The molecule has 1 unspecified atom stereocenters. The predicted molar refractivity (Wildman–Crippen MR) is 140 cm³/mol. The average molecular weight is 623 g/mol. The standard InChI is InChI=1S/C24H11Cl6FN2O4/c25-12-2-1-3-13(31)17(12)16-10-5-4-9(6-14(10)37-24(33)11(16)7-32)36-15(34)8-35-23-21(29)19(27)18(26)20(28)22(23)30/h1-6,16H,8,33H2. The van der Waals surface area contributed by atoms with Crippen molar-refractivity contribution in [3.05, 3.63) is 94.9 Å². The summed E-state index contributed by atoms with van der Waals surface area (Å²) < 4.78 is 31.0. The second-order valence-electron chi connectivity index (χ2n) is 7.42. The average Bonchev–Trinajstić information content (AvgIpc) is 2.86. The van der Waals surface area contributed by atoms with E-state index < -0.39 is 24.3 Å². The number of nitrogens with two attached hydrogens (primary N) is 1. The molecule has 2 N–H and O–H groups in total. The first-order valence-corrected chi connectivity index (χ1v) is 12.3. The first-order valence-electron chi connectivity index (χ1n) is 10.1. The van der Waals surface area contributed by atoms with Crippen molar-refractivity contribution in [3.8, 4) is 23.3 Å². The van der Waals surface area contributed by atoms with Gasteiger partial charge in [0.15, 0.2) is 12.4 Å². The number of carbonyl (C=O) groups is 1. The lowest BCUT2D eigenvalue weighted by Crippen LogP contribution is -2.22. The van der Waals surface area contributed by atoms with Gasteiger partial charge in [0, 0.05) is 22.2 Å². The van der Waals surface area contributed by atoms with E-state index in [1.54, 1.807) is 0 Å². The third-order valence-electron chi connectivity index (χ3n) is 5.21. The van der Waals surface area contributed by atoms with Crippen LogP contribution in [0.1, 0.15) is 17.0 Å². The van der Waals surface area contributed by atoms with Gasteiger partial charge in [0.1, 0.15) is 39.0 Å². The maximum Gasteiger partial charge on any atom is 0.349 e. The number of hydrogen-bond acceptors (Lipinski definition) is 6. The molecule has 1 atom stereocenters. The fraction of sp³-hybridized carbons (Fsp3) is 0.0833. The van der Waals surface area contributed by atoms with Crippen molar-refractivity contribution >= 4 is 75.6 Å². The number of carbonyl (C=O) groups excluding carboxylic acids is 1. The molecule has 3 aromatic rings. The highest BCUT2D eigenvalue weighted by Crippen LogP contribution is 2.48. The third-order valence-corrected chi connectivity index (χ3v) is 7.79. The summed E-state index contributed by atoms with van der Waals surface area (Å²) in [4.78, 5) is 12.4. The van der Waals surface area contributed by atoms with Crippen LogP contribution in [0.4, 0.5) is 4.39 Å². The van der Waals surface area contributed by atoms with Crippen molar-refractivity contribution < 1.29 is 23.4 Å². The molecule has 0 saturated heterocycles. The van der Waals surface area contributed by atoms with Crippen LogP contribution in [-0.4, -0.2) is 12.6 Å². The molecule has 4 rings (SSSR count). The summed E-state index contributed by atoms with van der Waals surface area (Å²) >= 11 is 36.4. The normalized spacial score (nSPS) is 14.5. The van der Waals surface area contributed by atoms with Crippen molar-refractivity contribution in [2.45, 2.75) is 5.92 Å². The molecule has 0 aliphatic carbocycles. The molecule has 0 bridgehead atoms. The Balaban J connectivity index is 1.59. The van der Waals surface area contributed by atoms with Gasteiger partial charge in [0.05, 0.1) is 21.0 Å². The van der Waals surface area contributed by atoms with Crippen LogP contribution in [0.25, 0.3) is 0 Å². The van der Waals surface area contributed by atoms with E-state index in [9.17, 15) is 14.4 Å². The number of fused-ring (bicyclic) bond motifs is 1. The lowest BCUT2D eigenvalue weighted by atomic mass is 9.83. The molecule has 0 radical (unpaired) electrons. The molecular weight excluding hydrogens is 612 g/mol. The Morgan fingerprint density at radius 1 is 1.03 bits per heavy atom. The molecule has 1 aliphatic rings. The molecule has 37 heavy (non-hydrogen) atoms. The van der Waals surface area contributed by atoms with Gasteiger partial charge >= 0.3 is 5.97 Å². The van der Waals surface area contributed by atoms with E-state index in [1.807, 2.05) is 6.07 Å². The molecule has 1 aliphatic heterocycles. The molecule has 6 nitrogen and oxygen atoms in total. The minimum Gasteiger partial charge on any atom is -0.479 e. The second-order valence-corrected chi connectivity index (χ2v) is 9.72. The van der Waals surface area contributed by atoms with Crippen molar-refractivity contribution in [1.29, 1.82) is 5.26 Å². The molecule has 0 amide bonds. The Kier molecular flexibility index (Phi) is 8.20. The molecule has 0 fully saturated rings. The van der Waals surface area contributed by atoms with E-state index in [-0.39, 0.29) is 64.4 Å². The van der Waals surface area contributed by atoms with Gasteiger partial charge in [-0.1, -0.05) is 81.7 Å². The zero-order valence-corrected chi connectivity index (χ0v) is 22.6. The van der Waals surface area contributed by atoms with Crippen molar-refractivity contribution in [2.24, 2.45) is 5.73 Å². The summed E-state index contributed by atoms with van der Waals surface area (Å²) in [6.07, 6.45) is 0. The second kappa shape index (κ2) is 11.0. The molecule has 0 aromatic heterocycles. The maximum absolute atomic E-state index is 14.7. The topological polar surface area (TPSA) is 94.6 Å². The van der Waals surface area contributed by atoms with E-state index in [4.69, 9.17) is 89.5 Å². The van der Waals surface area contributed by atoms with E-state index in [0.29, 0.717) is 5.56 Å². The number of halogens is 7. The third kappa shape index (κ3) is 5.23. The van der Waals surface area contributed by atoms with Crippen LogP contribution in [0, 0.1) is 17.1 Å². The first kappa shape index (κ1) is 27.5. The summed E-state index contributed by atoms with van der Waals surface area (Å²) in [5.41, 5.74) is 6.37. The number of hydrogen-bond donors (Lipinski definition) is 1. The lowest BCUT2D eigenvalue weighted by molar-refractivity contribution is -0.136. The molecule has 3 aromatic carbocycles. The summed E-state index contributed by atoms with van der Waals surface area (Å²) in [5.74, 6) is -2.64. The predicted octanol–water partition coefficient (Wildman–Crippen LogP) is 7.95. The van der Waals surface area contributed by atoms with Crippen LogP contribution in [0.15, 0.2) is 47.9 Å².